The van der Waals surface area contributed by atoms with Crippen molar-refractivity contribution in [2.45, 2.75) is 50.0 Å². The molecule has 5 rings (SSSR count). The maximum Gasteiger partial charge on any atom is 0.248 e. The number of carbonyl (C=O) groups excluding carboxylic acids is 1. The van der Waals surface area contributed by atoms with Gasteiger partial charge >= 0.3 is 0 Å². The van der Waals surface area contributed by atoms with Crippen LogP contribution >= 0.6 is 11.3 Å². The summed E-state index contributed by atoms with van der Waals surface area (Å²) >= 11 is 1.56. The Bertz CT molecular complexity index is 1320. The number of amides is 1. The Balaban J connectivity index is 1.24. The lowest BCUT2D eigenvalue weighted by molar-refractivity contribution is -0.127. The number of hydrogen-bond acceptors (Lipinski definition) is 6. The van der Waals surface area contributed by atoms with Crippen molar-refractivity contribution in [2.24, 2.45) is 5.92 Å². The molecule has 0 spiro atoms. The number of rotatable bonds is 6. The first-order chi connectivity index (χ1) is 16.9. The second kappa shape index (κ2) is 10.1. The second-order valence-corrected chi connectivity index (χ2v) is 12.0. The molecule has 0 radical (unpaired) electrons. The zero-order valence-corrected chi connectivity index (χ0v) is 21.3. The summed E-state index contributed by atoms with van der Waals surface area (Å²) < 4.78 is 33.7. The average Bonchev–Trinajstić information content (AvgIpc) is 3.53. The monoisotopic (exact) mass is 511 g/mol. The molecule has 1 aliphatic carbocycles. The number of piperidine rings is 1. The van der Waals surface area contributed by atoms with E-state index < -0.39 is 10.0 Å². The highest BCUT2D eigenvalue weighted by Crippen LogP contribution is 2.32. The van der Waals surface area contributed by atoms with Gasteiger partial charge in [-0.05, 0) is 73.8 Å². The molecule has 0 bridgehead atoms. The number of aryl methyl sites for hydroxylation is 2. The van der Waals surface area contributed by atoms with Crippen molar-refractivity contribution in [1.29, 1.82) is 0 Å². The average molecular weight is 512 g/mol. The highest BCUT2D eigenvalue weighted by Gasteiger charge is 2.36. The minimum absolute atomic E-state index is 0.0180. The minimum Gasteiger partial charge on any atom is -0.355 e. The predicted molar refractivity (Wildman–Crippen MR) is 136 cm³/mol. The number of aromatic nitrogens is 1. The molecule has 7 nitrogen and oxygen atoms in total. The van der Waals surface area contributed by atoms with Crippen molar-refractivity contribution < 1.29 is 17.7 Å². The molecule has 1 saturated heterocycles. The first-order valence-electron chi connectivity index (χ1n) is 12.0. The molecule has 1 aliphatic heterocycles. The third-order valence-corrected chi connectivity index (χ3v) is 9.78. The van der Waals surface area contributed by atoms with E-state index in [4.69, 9.17) is 4.52 Å². The molecule has 3 aromatic rings. The fourth-order valence-corrected chi connectivity index (χ4v) is 7.36. The SMILES string of the molecule is Cc1noc(/C=C/c2cccs2)c1S(=O)(=O)N1CCC(C(=O)N[C@@H]2CCCc3ccccc32)CC1. The van der Waals surface area contributed by atoms with Crippen molar-refractivity contribution in [1.82, 2.24) is 14.8 Å². The van der Waals surface area contributed by atoms with Gasteiger partial charge in [-0.1, -0.05) is 35.5 Å². The van der Waals surface area contributed by atoms with Gasteiger partial charge in [0.2, 0.25) is 15.9 Å². The quantitative estimate of drug-likeness (QED) is 0.513. The van der Waals surface area contributed by atoms with Crippen molar-refractivity contribution in [3.05, 3.63) is 69.2 Å². The van der Waals surface area contributed by atoms with Crippen molar-refractivity contribution in [3.63, 3.8) is 0 Å². The van der Waals surface area contributed by atoms with Gasteiger partial charge in [0.05, 0.1) is 6.04 Å². The van der Waals surface area contributed by atoms with E-state index in [9.17, 15) is 13.2 Å². The summed E-state index contributed by atoms with van der Waals surface area (Å²) in [7, 11) is -3.79. The Morgan fingerprint density at radius 2 is 1.94 bits per heavy atom. The molecular weight excluding hydrogens is 482 g/mol. The highest BCUT2D eigenvalue weighted by molar-refractivity contribution is 7.89. The fourth-order valence-electron chi connectivity index (χ4n) is 5.02. The molecule has 0 unspecified atom stereocenters. The van der Waals surface area contributed by atoms with Crippen LogP contribution in [0.25, 0.3) is 12.2 Å². The van der Waals surface area contributed by atoms with Gasteiger partial charge in [0.1, 0.15) is 5.69 Å². The van der Waals surface area contributed by atoms with E-state index in [0.29, 0.717) is 31.6 Å². The smallest absolute Gasteiger partial charge is 0.248 e. The number of carbonyl (C=O) groups is 1. The van der Waals surface area contributed by atoms with E-state index in [0.717, 1.165) is 24.1 Å². The normalized spacial score (nSPS) is 19.6. The van der Waals surface area contributed by atoms with Crippen LogP contribution < -0.4 is 5.32 Å². The standard InChI is InChI=1S/C26H29N3O4S2/c1-18-25(24(33-28-18)12-11-21-8-5-17-34-21)35(31,32)29-15-13-20(14-16-29)26(30)27-23-10-4-7-19-6-2-3-9-22(19)23/h2-3,5-6,8-9,11-12,17,20,23H,4,7,10,13-16H2,1H3,(H,27,30)/b12-11+/t23-/m1/s1. The number of thiophene rings is 1. The van der Waals surface area contributed by atoms with Gasteiger partial charge in [-0.25, -0.2) is 8.42 Å². The largest absolute Gasteiger partial charge is 0.355 e. The maximum atomic E-state index is 13.5. The van der Waals surface area contributed by atoms with Gasteiger partial charge in [-0.2, -0.15) is 4.31 Å². The van der Waals surface area contributed by atoms with Crippen LogP contribution in [0.3, 0.4) is 0 Å². The van der Waals surface area contributed by atoms with E-state index >= 15 is 0 Å². The zero-order chi connectivity index (χ0) is 24.4. The third-order valence-electron chi connectivity index (χ3n) is 6.88. The van der Waals surface area contributed by atoms with Gasteiger partial charge in [0, 0.05) is 23.9 Å². The molecular formula is C26H29N3O4S2. The lowest BCUT2D eigenvalue weighted by Crippen LogP contribution is -2.44. The Labute approximate surface area is 209 Å². The molecule has 3 heterocycles. The van der Waals surface area contributed by atoms with Crippen LogP contribution in [0.5, 0.6) is 0 Å². The summed E-state index contributed by atoms with van der Waals surface area (Å²) in [6, 6.07) is 12.2. The van der Waals surface area contributed by atoms with Crippen molar-refractivity contribution >= 4 is 39.4 Å². The van der Waals surface area contributed by atoms with Crippen LogP contribution in [0.15, 0.2) is 51.2 Å². The fraction of sp³-hybridized carbons (Fsp3) is 0.385. The van der Waals surface area contributed by atoms with E-state index in [1.807, 2.05) is 35.7 Å². The number of nitrogens with zero attached hydrogens (tertiary/aromatic N) is 2. The summed E-state index contributed by atoms with van der Waals surface area (Å²) in [6.07, 6.45) is 7.49. The molecule has 2 aliphatic rings. The number of nitrogens with one attached hydrogen (secondary N) is 1. The topological polar surface area (TPSA) is 92.5 Å². The minimum atomic E-state index is -3.79. The molecule has 1 fully saturated rings. The Morgan fingerprint density at radius 3 is 2.71 bits per heavy atom. The van der Waals surface area contributed by atoms with Crippen molar-refractivity contribution in [2.75, 3.05) is 13.1 Å². The highest BCUT2D eigenvalue weighted by atomic mass is 32.2. The van der Waals surface area contributed by atoms with Crippen LogP contribution in [0.4, 0.5) is 0 Å². The molecule has 1 atom stereocenters. The third kappa shape index (κ3) is 4.98. The molecule has 2 aromatic heterocycles. The molecule has 184 valence electrons. The van der Waals surface area contributed by atoms with Gasteiger partial charge < -0.3 is 9.84 Å². The lowest BCUT2D eigenvalue weighted by atomic mass is 9.87. The van der Waals surface area contributed by atoms with Gasteiger partial charge in [0.25, 0.3) is 0 Å². The van der Waals surface area contributed by atoms with Crippen LogP contribution in [0, 0.1) is 12.8 Å². The van der Waals surface area contributed by atoms with Crippen LogP contribution in [0.1, 0.15) is 59.2 Å². The lowest BCUT2D eigenvalue weighted by Gasteiger charge is -2.32. The summed E-state index contributed by atoms with van der Waals surface area (Å²) in [4.78, 5) is 14.2. The molecule has 1 amide bonds. The van der Waals surface area contributed by atoms with Crippen LogP contribution in [0.2, 0.25) is 0 Å². The Hall–Kier alpha value is -2.75. The molecule has 0 saturated carbocycles. The summed E-state index contributed by atoms with van der Waals surface area (Å²) in [5.74, 6) is 0.0496. The van der Waals surface area contributed by atoms with E-state index in [1.165, 1.54) is 15.4 Å². The van der Waals surface area contributed by atoms with E-state index in [-0.39, 0.29) is 28.5 Å². The summed E-state index contributed by atoms with van der Waals surface area (Å²) in [5.41, 5.74) is 2.85. The van der Waals surface area contributed by atoms with Gasteiger partial charge in [0.15, 0.2) is 10.7 Å². The first-order valence-corrected chi connectivity index (χ1v) is 14.3. The number of fused-ring (bicyclic) bond motifs is 1. The molecule has 35 heavy (non-hydrogen) atoms. The summed E-state index contributed by atoms with van der Waals surface area (Å²) in [6.45, 7) is 2.22. The Kier molecular flexibility index (Phi) is 6.91. The predicted octanol–water partition coefficient (Wildman–Crippen LogP) is 4.81. The number of benzene rings is 1. The Morgan fingerprint density at radius 1 is 1.14 bits per heavy atom. The van der Waals surface area contributed by atoms with Crippen LogP contribution in [-0.4, -0.2) is 36.9 Å². The number of hydrogen-bond donors (Lipinski definition) is 1. The number of sulfonamides is 1. The van der Waals surface area contributed by atoms with Gasteiger partial charge in [-0.15, -0.1) is 11.3 Å². The van der Waals surface area contributed by atoms with E-state index in [2.05, 4.69) is 22.6 Å². The maximum absolute atomic E-state index is 13.5. The summed E-state index contributed by atoms with van der Waals surface area (Å²) in [5, 5.41) is 9.10. The first kappa shape index (κ1) is 24.0. The molecule has 9 heteroatoms. The van der Waals surface area contributed by atoms with Crippen LogP contribution in [-0.2, 0) is 21.2 Å². The zero-order valence-electron chi connectivity index (χ0n) is 19.6. The second-order valence-electron chi connectivity index (χ2n) is 9.14. The van der Waals surface area contributed by atoms with E-state index in [1.54, 1.807) is 24.3 Å². The molecule has 1 N–H and O–H groups in total. The van der Waals surface area contributed by atoms with Crippen molar-refractivity contribution in [3.8, 4) is 0 Å². The molecule has 1 aromatic carbocycles. The van der Waals surface area contributed by atoms with Gasteiger partial charge in [-0.3, -0.25) is 4.79 Å².